The van der Waals surface area contributed by atoms with Crippen molar-refractivity contribution in [1.82, 2.24) is 19.8 Å². The van der Waals surface area contributed by atoms with Gasteiger partial charge in [-0.1, -0.05) is 17.7 Å². The van der Waals surface area contributed by atoms with Crippen molar-refractivity contribution in [3.8, 4) is 11.5 Å². The first kappa shape index (κ1) is 25.9. The van der Waals surface area contributed by atoms with E-state index in [4.69, 9.17) is 21.1 Å². The van der Waals surface area contributed by atoms with Gasteiger partial charge in [0.05, 0.1) is 29.9 Å². The molecule has 0 spiro atoms. The number of halogens is 2. The lowest BCUT2D eigenvalue weighted by Gasteiger charge is -2.35. The van der Waals surface area contributed by atoms with E-state index in [9.17, 15) is 14.3 Å². The number of benzene rings is 2. The Morgan fingerprint density at radius 2 is 2.03 bits per heavy atom. The van der Waals surface area contributed by atoms with Gasteiger partial charge in [-0.15, -0.1) is 0 Å². The summed E-state index contributed by atoms with van der Waals surface area (Å²) >= 11 is 5.90. The summed E-state index contributed by atoms with van der Waals surface area (Å²) in [6, 6.07) is 7.65. The number of amides is 1. The molecule has 2 N–H and O–H groups in total. The average Bonchev–Trinajstić information content (AvgIpc) is 2.87. The predicted molar refractivity (Wildman–Crippen MR) is 136 cm³/mol. The lowest BCUT2D eigenvalue weighted by Crippen LogP contribution is -2.51. The smallest absolute Gasteiger partial charge is 0.242 e. The van der Waals surface area contributed by atoms with Gasteiger partial charge < -0.3 is 24.8 Å². The van der Waals surface area contributed by atoms with Crippen LogP contribution < -0.4 is 14.8 Å². The number of likely N-dealkylation sites (N-methyl/N-ethyl adjacent to an activating group) is 1. The first-order valence-electron chi connectivity index (χ1n) is 11.6. The second-order valence-corrected chi connectivity index (χ2v) is 9.18. The van der Waals surface area contributed by atoms with Gasteiger partial charge in [0.25, 0.3) is 0 Å². The number of nitrogens with zero attached hydrogens (tertiary/aromatic N) is 4. The molecule has 9 nitrogen and oxygen atoms in total. The van der Waals surface area contributed by atoms with Crippen LogP contribution in [0.15, 0.2) is 36.7 Å². The van der Waals surface area contributed by atoms with Crippen molar-refractivity contribution in [2.24, 2.45) is 0 Å². The van der Waals surface area contributed by atoms with Gasteiger partial charge in [-0.25, -0.2) is 14.4 Å². The van der Waals surface area contributed by atoms with E-state index in [2.05, 4.69) is 15.3 Å². The fourth-order valence-electron chi connectivity index (χ4n) is 4.19. The highest BCUT2D eigenvalue weighted by molar-refractivity contribution is 6.31. The SMILES string of the molecule is COc1cc2c(Nc3cccc(Cl)c3F)ncnc2cc1OC1CCN(C(=O)[C@H](CO)N(C)C)CC1. The molecule has 2 aromatic carbocycles. The molecule has 0 unspecified atom stereocenters. The second-order valence-electron chi connectivity index (χ2n) is 8.77. The van der Waals surface area contributed by atoms with E-state index in [1.807, 2.05) is 0 Å². The molecule has 1 amide bonds. The van der Waals surface area contributed by atoms with Crippen molar-refractivity contribution in [2.45, 2.75) is 25.0 Å². The Morgan fingerprint density at radius 3 is 2.69 bits per heavy atom. The second kappa shape index (κ2) is 11.2. The summed E-state index contributed by atoms with van der Waals surface area (Å²) < 4.78 is 26.3. The van der Waals surface area contributed by atoms with Crippen LogP contribution in [0.1, 0.15) is 12.8 Å². The number of hydrogen-bond acceptors (Lipinski definition) is 8. The highest BCUT2D eigenvalue weighted by Gasteiger charge is 2.30. The number of carbonyl (C=O) groups is 1. The van der Waals surface area contributed by atoms with E-state index in [0.29, 0.717) is 54.2 Å². The molecule has 0 bridgehead atoms. The minimum atomic E-state index is -0.571. The summed E-state index contributed by atoms with van der Waals surface area (Å²) in [6.07, 6.45) is 2.55. The Kier molecular flexibility index (Phi) is 8.07. The van der Waals surface area contributed by atoms with Crippen molar-refractivity contribution in [1.29, 1.82) is 0 Å². The van der Waals surface area contributed by atoms with Gasteiger partial charge in [0, 0.05) is 37.4 Å². The van der Waals surface area contributed by atoms with Crippen LogP contribution in [-0.4, -0.2) is 83.8 Å². The van der Waals surface area contributed by atoms with Crippen molar-refractivity contribution in [2.75, 3.05) is 46.2 Å². The predicted octanol–water partition coefficient (Wildman–Crippen LogP) is 3.47. The number of aliphatic hydroxyl groups excluding tert-OH is 1. The molecule has 0 radical (unpaired) electrons. The Morgan fingerprint density at radius 1 is 1.28 bits per heavy atom. The molecule has 192 valence electrons. The minimum absolute atomic E-state index is 0.00738. The molecule has 4 rings (SSSR count). The third kappa shape index (κ3) is 5.45. The largest absolute Gasteiger partial charge is 0.493 e. The third-order valence-electron chi connectivity index (χ3n) is 6.25. The maximum Gasteiger partial charge on any atom is 0.242 e. The molecule has 36 heavy (non-hydrogen) atoms. The number of likely N-dealkylation sites (tertiary alicyclic amines) is 1. The van der Waals surface area contributed by atoms with Gasteiger partial charge in [-0.2, -0.15) is 0 Å². The van der Waals surface area contributed by atoms with E-state index in [1.165, 1.54) is 12.4 Å². The fraction of sp³-hybridized carbons (Fsp3) is 0.400. The van der Waals surface area contributed by atoms with E-state index >= 15 is 0 Å². The fourth-order valence-corrected chi connectivity index (χ4v) is 4.36. The molecule has 2 heterocycles. The Balaban J connectivity index is 1.51. The molecule has 11 heteroatoms. The number of carbonyl (C=O) groups excluding carboxylic acids is 1. The third-order valence-corrected chi connectivity index (χ3v) is 6.55. The zero-order valence-electron chi connectivity index (χ0n) is 20.4. The first-order valence-corrected chi connectivity index (χ1v) is 12.0. The van der Waals surface area contributed by atoms with Gasteiger partial charge >= 0.3 is 0 Å². The number of nitrogens with one attached hydrogen (secondary N) is 1. The normalized spacial score (nSPS) is 15.2. The van der Waals surface area contributed by atoms with Crippen molar-refractivity contribution in [3.05, 3.63) is 47.5 Å². The van der Waals surface area contributed by atoms with Gasteiger partial charge in [0.1, 0.15) is 24.3 Å². The monoisotopic (exact) mass is 517 g/mol. The number of piperidine rings is 1. The van der Waals surface area contributed by atoms with E-state index in [-0.39, 0.29) is 29.3 Å². The molecule has 1 saturated heterocycles. The summed E-state index contributed by atoms with van der Waals surface area (Å²) in [4.78, 5) is 24.8. The van der Waals surface area contributed by atoms with E-state index in [0.717, 1.165) is 0 Å². The number of ether oxygens (including phenoxy) is 2. The lowest BCUT2D eigenvalue weighted by atomic mass is 10.1. The van der Waals surface area contributed by atoms with Crippen LogP contribution in [0.2, 0.25) is 5.02 Å². The Bertz CT molecular complexity index is 1240. The molecule has 1 aromatic heterocycles. The number of rotatable bonds is 8. The first-order chi connectivity index (χ1) is 17.3. The average molecular weight is 518 g/mol. The molecule has 0 saturated carbocycles. The standard InChI is InChI=1S/C25H29ClFN5O4/c1-31(2)20(13-33)25(34)32-9-7-15(8-10-32)36-22-12-19-16(11-21(22)35-3)24(29-14-28-19)30-18-6-4-5-17(26)23(18)27/h4-6,11-12,14-15,20,33H,7-10,13H2,1-3H3,(H,28,29,30)/t20-/m0/s1. The molecule has 3 aromatic rings. The van der Waals surface area contributed by atoms with Crippen LogP contribution in [0.3, 0.4) is 0 Å². The van der Waals surface area contributed by atoms with Crippen LogP contribution in [-0.2, 0) is 4.79 Å². The lowest BCUT2D eigenvalue weighted by molar-refractivity contribution is -0.139. The molecule has 1 fully saturated rings. The molecule has 1 aliphatic heterocycles. The molecule has 1 atom stereocenters. The highest BCUT2D eigenvalue weighted by Crippen LogP contribution is 2.36. The molecule has 0 aliphatic carbocycles. The number of aromatic nitrogens is 2. The van der Waals surface area contributed by atoms with Crippen molar-refractivity contribution < 1.29 is 23.8 Å². The topological polar surface area (TPSA) is 100 Å². The van der Waals surface area contributed by atoms with Gasteiger partial charge in [0.15, 0.2) is 17.3 Å². The summed E-state index contributed by atoms with van der Waals surface area (Å²) in [5.41, 5.74) is 0.788. The zero-order chi connectivity index (χ0) is 25.8. The number of methoxy groups -OCH3 is 1. The summed E-state index contributed by atoms with van der Waals surface area (Å²) in [5, 5.41) is 13.2. The van der Waals surface area contributed by atoms with Gasteiger partial charge in [-0.3, -0.25) is 9.69 Å². The number of anilines is 2. The van der Waals surface area contributed by atoms with Crippen LogP contribution in [0.4, 0.5) is 15.9 Å². The Hall–Kier alpha value is -3.21. The molecule has 1 aliphatic rings. The van der Waals surface area contributed by atoms with Crippen LogP contribution in [0, 0.1) is 5.82 Å². The minimum Gasteiger partial charge on any atom is -0.493 e. The zero-order valence-corrected chi connectivity index (χ0v) is 21.1. The van der Waals surface area contributed by atoms with Gasteiger partial charge in [-0.05, 0) is 32.3 Å². The number of hydrogen-bond donors (Lipinski definition) is 2. The van der Waals surface area contributed by atoms with Crippen molar-refractivity contribution >= 4 is 39.9 Å². The van der Waals surface area contributed by atoms with Crippen LogP contribution in [0.25, 0.3) is 10.9 Å². The van der Waals surface area contributed by atoms with Crippen LogP contribution >= 0.6 is 11.6 Å². The maximum atomic E-state index is 14.4. The highest BCUT2D eigenvalue weighted by atomic mass is 35.5. The van der Waals surface area contributed by atoms with Crippen LogP contribution in [0.5, 0.6) is 11.5 Å². The van der Waals surface area contributed by atoms with E-state index in [1.54, 1.807) is 55.3 Å². The summed E-state index contributed by atoms with van der Waals surface area (Å²) in [5.74, 6) is 0.751. The van der Waals surface area contributed by atoms with Gasteiger partial charge in [0.2, 0.25) is 5.91 Å². The van der Waals surface area contributed by atoms with E-state index < -0.39 is 11.9 Å². The Labute approximate surface area is 213 Å². The number of aliphatic hydroxyl groups is 1. The quantitative estimate of drug-likeness (QED) is 0.468. The maximum absolute atomic E-state index is 14.4. The molecular formula is C25H29ClFN5O4. The summed E-state index contributed by atoms with van der Waals surface area (Å²) in [6.45, 7) is 0.843. The summed E-state index contributed by atoms with van der Waals surface area (Å²) in [7, 11) is 5.09. The number of fused-ring (bicyclic) bond motifs is 1. The molecular weight excluding hydrogens is 489 g/mol. The van der Waals surface area contributed by atoms with Crippen molar-refractivity contribution in [3.63, 3.8) is 0 Å².